The molecule has 1 amide bonds. The van der Waals surface area contributed by atoms with E-state index in [0.717, 1.165) is 11.1 Å². The average molecular weight is 437 g/mol. The van der Waals surface area contributed by atoms with E-state index in [9.17, 15) is 9.59 Å². The van der Waals surface area contributed by atoms with Crippen LogP contribution in [-0.2, 0) is 11.3 Å². The van der Waals surface area contributed by atoms with E-state index in [4.69, 9.17) is 14.2 Å². The minimum atomic E-state index is -0.274. The van der Waals surface area contributed by atoms with Gasteiger partial charge in [-0.1, -0.05) is 17.7 Å². The maximum Gasteiger partial charge on any atom is 0.266 e. The van der Waals surface area contributed by atoms with Crippen molar-refractivity contribution in [1.82, 2.24) is 15.1 Å². The number of benzene rings is 2. The van der Waals surface area contributed by atoms with Gasteiger partial charge in [-0.25, -0.2) is 4.68 Å². The molecule has 0 bridgehead atoms. The van der Waals surface area contributed by atoms with Crippen LogP contribution in [0.3, 0.4) is 0 Å². The Morgan fingerprint density at radius 3 is 2.50 bits per heavy atom. The van der Waals surface area contributed by atoms with Crippen LogP contribution in [0, 0.1) is 13.8 Å². The second-order valence-corrected chi connectivity index (χ2v) is 7.25. The van der Waals surface area contributed by atoms with Crippen molar-refractivity contribution in [3.63, 3.8) is 0 Å². The Kier molecular flexibility index (Phi) is 7.49. The largest absolute Gasteiger partial charge is 0.497 e. The van der Waals surface area contributed by atoms with Crippen LogP contribution in [-0.4, -0.2) is 43.1 Å². The Labute approximate surface area is 186 Å². The number of nitrogens with zero attached hydrogens (tertiary/aromatic N) is 2. The molecule has 0 saturated heterocycles. The molecule has 0 saturated carbocycles. The number of aromatic nitrogens is 2. The Morgan fingerprint density at radius 1 is 1.00 bits per heavy atom. The summed E-state index contributed by atoms with van der Waals surface area (Å²) in [5.74, 6) is 1.66. The third kappa shape index (κ3) is 5.66. The fourth-order valence-electron chi connectivity index (χ4n) is 3.22. The molecule has 0 aliphatic heterocycles. The quantitative estimate of drug-likeness (QED) is 0.554. The molecular formula is C24H27N3O5. The van der Waals surface area contributed by atoms with Gasteiger partial charge in [0.05, 0.1) is 26.5 Å². The first-order chi connectivity index (χ1) is 15.4. The summed E-state index contributed by atoms with van der Waals surface area (Å²) in [6, 6.07) is 14.2. The van der Waals surface area contributed by atoms with Crippen LogP contribution in [0.4, 0.5) is 0 Å². The van der Waals surface area contributed by atoms with E-state index in [0.29, 0.717) is 28.5 Å². The molecule has 0 radical (unpaired) electrons. The van der Waals surface area contributed by atoms with Gasteiger partial charge in [-0.15, -0.1) is 0 Å². The van der Waals surface area contributed by atoms with E-state index in [2.05, 4.69) is 10.4 Å². The summed E-state index contributed by atoms with van der Waals surface area (Å²) in [4.78, 5) is 24.4. The van der Waals surface area contributed by atoms with Crippen molar-refractivity contribution in [2.75, 3.05) is 27.4 Å². The Morgan fingerprint density at radius 2 is 1.78 bits per heavy atom. The zero-order chi connectivity index (χ0) is 23.1. The standard InChI is InChI=1S/C24H27N3O5/c1-16-5-8-21(17(2)13-16)32-15-23(28)25-11-12-27-24(29)10-7-20(26-27)19-14-18(30-3)6-9-22(19)31-4/h5-10,13-14H,11-12,15H2,1-4H3,(H,25,28). The predicted octanol–water partition coefficient (Wildman–Crippen LogP) is 2.74. The van der Waals surface area contributed by atoms with Crippen LogP contribution < -0.4 is 25.1 Å². The molecule has 3 rings (SSSR count). The molecule has 8 heteroatoms. The molecule has 2 aromatic carbocycles. The van der Waals surface area contributed by atoms with E-state index in [-0.39, 0.29) is 31.2 Å². The number of nitrogens with one attached hydrogen (secondary N) is 1. The normalized spacial score (nSPS) is 10.5. The maximum atomic E-state index is 12.2. The third-order valence-corrected chi connectivity index (χ3v) is 4.88. The first-order valence-electron chi connectivity index (χ1n) is 10.2. The van der Waals surface area contributed by atoms with Crippen LogP contribution in [0.5, 0.6) is 17.2 Å². The van der Waals surface area contributed by atoms with E-state index < -0.39 is 0 Å². The summed E-state index contributed by atoms with van der Waals surface area (Å²) in [6.07, 6.45) is 0. The summed E-state index contributed by atoms with van der Waals surface area (Å²) in [5.41, 5.74) is 3.09. The highest BCUT2D eigenvalue weighted by atomic mass is 16.5. The van der Waals surface area contributed by atoms with Crippen LogP contribution in [0.15, 0.2) is 53.3 Å². The van der Waals surface area contributed by atoms with Crippen molar-refractivity contribution in [3.05, 3.63) is 70.0 Å². The summed E-state index contributed by atoms with van der Waals surface area (Å²) in [6.45, 7) is 4.28. The molecule has 0 fully saturated rings. The summed E-state index contributed by atoms with van der Waals surface area (Å²) in [7, 11) is 3.14. The molecule has 0 unspecified atom stereocenters. The van der Waals surface area contributed by atoms with Gasteiger partial charge in [0, 0.05) is 18.2 Å². The zero-order valence-electron chi connectivity index (χ0n) is 18.7. The molecule has 1 heterocycles. The van der Waals surface area contributed by atoms with Gasteiger partial charge < -0.3 is 19.5 Å². The Balaban J connectivity index is 1.62. The van der Waals surface area contributed by atoms with Gasteiger partial charge in [0.2, 0.25) is 0 Å². The lowest BCUT2D eigenvalue weighted by molar-refractivity contribution is -0.123. The van der Waals surface area contributed by atoms with Crippen LogP contribution in [0.25, 0.3) is 11.3 Å². The molecule has 168 valence electrons. The molecule has 8 nitrogen and oxygen atoms in total. The smallest absolute Gasteiger partial charge is 0.266 e. The molecule has 32 heavy (non-hydrogen) atoms. The summed E-state index contributed by atoms with van der Waals surface area (Å²) < 4.78 is 17.6. The monoisotopic (exact) mass is 437 g/mol. The van der Waals surface area contributed by atoms with Gasteiger partial charge in [-0.3, -0.25) is 9.59 Å². The topological polar surface area (TPSA) is 91.7 Å². The molecule has 1 aromatic heterocycles. The SMILES string of the molecule is COc1ccc(OC)c(-c2ccc(=O)n(CCNC(=O)COc3ccc(C)cc3C)n2)c1. The van der Waals surface area contributed by atoms with Crippen LogP contribution in [0.2, 0.25) is 0 Å². The van der Waals surface area contributed by atoms with Crippen molar-refractivity contribution < 1.29 is 19.0 Å². The number of amides is 1. The molecule has 0 spiro atoms. The lowest BCUT2D eigenvalue weighted by Crippen LogP contribution is -2.34. The van der Waals surface area contributed by atoms with Crippen LogP contribution >= 0.6 is 0 Å². The molecular weight excluding hydrogens is 410 g/mol. The molecule has 1 N–H and O–H groups in total. The number of ether oxygens (including phenoxy) is 3. The summed E-state index contributed by atoms with van der Waals surface area (Å²) >= 11 is 0. The van der Waals surface area contributed by atoms with E-state index in [1.54, 1.807) is 38.5 Å². The first-order valence-corrected chi connectivity index (χ1v) is 10.2. The molecule has 3 aromatic rings. The van der Waals surface area contributed by atoms with E-state index >= 15 is 0 Å². The average Bonchev–Trinajstić information content (AvgIpc) is 2.79. The van der Waals surface area contributed by atoms with Gasteiger partial charge in [0.25, 0.3) is 11.5 Å². The van der Waals surface area contributed by atoms with Crippen LogP contribution in [0.1, 0.15) is 11.1 Å². The van der Waals surface area contributed by atoms with Gasteiger partial charge in [-0.05, 0) is 49.7 Å². The first kappa shape index (κ1) is 22.9. The maximum absolute atomic E-state index is 12.2. The van der Waals surface area contributed by atoms with Gasteiger partial charge >= 0.3 is 0 Å². The fourth-order valence-corrected chi connectivity index (χ4v) is 3.22. The van der Waals surface area contributed by atoms with Gasteiger partial charge in [0.15, 0.2) is 6.61 Å². The molecule has 0 atom stereocenters. The van der Waals surface area contributed by atoms with Crippen molar-refractivity contribution in [3.8, 4) is 28.5 Å². The van der Waals surface area contributed by atoms with Crippen molar-refractivity contribution >= 4 is 5.91 Å². The highest BCUT2D eigenvalue weighted by Gasteiger charge is 2.11. The van der Waals surface area contributed by atoms with Crippen molar-refractivity contribution in [1.29, 1.82) is 0 Å². The Bertz CT molecular complexity index is 1160. The number of aryl methyl sites for hydroxylation is 2. The lowest BCUT2D eigenvalue weighted by atomic mass is 10.1. The lowest BCUT2D eigenvalue weighted by Gasteiger charge is -2.12. The minimum absolute atomic E-state index is 0.104. The van der Waals surface area contributed by atoms with E-state index in [1.807, 2.05) is 32.0 Å². The third-order valence-electron chi connectivity index (χ3n) is 4.88. The zero-order valence-corrected chi connectivity index (χ0v) is 18.7. The number of hydrogen-bond donors (Lipinski definition) is 1. The highest BCUT2D eigenvalue weighted by Crippen LogP contribution is 2.31. The Hall–Kier alpha value is -3.81. The number of carbonyl (C=O) groups excluding carboxylic acids is 1. The predicted molar refractivity (Wildman–Crippen MR) is 121 cm³/mol. The summed E-state index contributed by atoms with van der Waals surface area (Å²) in [5, 5.41) is 7.17. The van der Waals surface area contributed by atoms with Gasteiger partial charge in [-0.2, -0.15) is 5.10 Å². The van der Waals surface area contributed by atoms with Crippen molar-refractivity contribution in [2.24, 2.45) is 0 Å². The molecule has 0 aliphatic rings. The number of rotatable bonds is 9. The molecule has 0 aliphatic carbocycles. The van der Waals surface area contributed by atoms with Gasteiger partial charge in [0.1, 0.15) is 17.2 Å². The second kappa shape index (κ2) is 10.5. The highest BCUT2D eigenvalue weighted by molar-refractivity contribution is 5.77. The van der Waals surface area contributed by atoms with Crippen molar-refractivity contribution in [2.45, 2.75) is 20.4 Å². The fraction of sp³-hybridized carbons (Fsp3) is 0.292. The number of hydrogen-bond acceptors (Lipinski definition) is 6. The number of carbonyl (C=O) groups is 1. The van der Waals surface area contributed by atoms with E-state index in [1.165, 1.54) is 10.7 Å². The second-order valence-electron chi connectivity index (χ2n) is 7.25. The minimum Gasteiger partial charge on any atom is -0.497 e. The number of methoxy groups -OCH3 is 2.